The van der Waals surface area contributed by atoms with Gasteiger partial charge in [-0.1, -0.05) is 30.3 Å². The third-order valence-electron chi connectivity index (χ3n) is 3.54. The van der Waals surface area contributed by atoms with E-state index in [0.29, 0.717) is 12.1 Å². The Balaban J connectivity index is 0.00000108. The quantitative estimate of drug-likeness (QED) is 0.861. The van der Waals surface area contributed by atoms with Crippen molar-refractivity contribution in [2.24, 2.45) is 0 Å². The van der Waals surface area contributed by atoms with Crippen LogP contribution in [0.25, 0.3) is 0 Å². The van der Waals surface area contributed by atoms with Crippen LogP contribution in [0.5, 0.6) is 0 Å². The number of benzene rings is 1. The monoisotopic (exact) mass is 254 g/mol. The summed E-state index contributed by atoms with van der Waals surface area (Å²) in [5, 5.41) is 3.41. The minimum Gasteiger partial charge on any atom is -0.374 e. The van der Waals surface area contributed by atoms with Crippen molar-refractivity contribution in [3.63, 3.8) is 0 Å². The third kappa shape index (κ3) is 2.80. The van der Waals surface area contributed by atoms with E-state index in [2.05, 4.69) is 40.5 Å². The molecule has 94 valence electrons. The highest BCUT2D eigenvalue weighted by Gasteiger charge is 2.35. The first-order valence-corrected chi connectivity index (χ1v) is 6.04. The second kappa shape index (κ2) is 5.83. The second-order valence-corrected chi connectivity index (χ2v) is 4.59. The highest BCUT2D eigenvalue weighted by molar-refractivity contribution is 5.85. The number of nitrogens with one attached hydrogen (secondary N) is 1. The lowest BCUT2D eigenvalue weighted by molar-refractivity contribution is -0.0500. The summed E-state index contributed by atoms with van der Waals surface area (Å²) in [4.78, 5) is 2.55. The van der Waals surface area contributed by atoms with E-state index in [1.807, 2.05) is 0 Å². The third-order valence-corrected chi connectivity index (χ3v) is 3.54. The molecule has 4 heteroatoms. The van der Waals surface area contributed by atoms with Crippen molar-refractivity contribution >= 4 is 12.4 Å². The van der Waals surface area contributed by atoms with Crippen LogP contribution in [0.2, 0.25) is 0 Å². The Kier molecular flexibility index (Phi) is 4.40. The van der Waals surface area contributed by atoms with Crippen molar-refractivity contribution in [1.82, 2.24) is 10.2 Å². The van der Waals surface area contributed by atoms with Crippen molar-refractivity contribution in [2.45, 2.75) is 18.7 Å². The Hall–Kier alpha value is -0.610. The smallest absolute Gasteiger partial charge is 0.0867 e. The van der Waals surface area contributed by atoms with Gasteiger partial charge in [0.25, 0.3) is 0 Å². The molecule has 17 heavy (non-hydrogen) atoms. The Morgan fingerprint density at radius 1 is 1.24 bits per heavy atom. The molecule has 0 amide bonds. The molecule has 2 fully saturated rings. The molecule has 0 unspecified atom stereocenters. The highest BCUT2D eigenvalue weighted by atomic mass is 35.5. The summed E-state index contributed by atoms with van der Waals surface area (Å²) in [5.41, 5.74) is 1.40. The Bertz CT molecular complexity index is 347. The maximum Gasteiger partial charge on any atom is 0.0867 e. The predicted octanol–water partition coefficient (Wildman–Crippen LogP) is 1.28. The van der Waals surface area contributed by atoms with Gasteiger partial charge < -0.3 is 10.1 Å². The number of morpholine rings is 1. The highest BCUT2D eigenvalue weighted by Crippen LogP contribution is 2.19. The first-order chi connectivity index (χ1) is 7.93. The van der Waals surface area contributed by atoms with Crippen LogP contribution in [0, 0.1) is 0 Å². The molecule has 3 nitrogen and oxygen atoms in total. The molecule has 3 rings (SSSR count). The van der Waals surface area contributed by atoms with Crippen LogP contribution in [0.4, 0.5) is 0 Å². The predicted molar refractivity (Wildman–Crippen MR) is 70.5 cm³/mol. The molecular formula is C13H19ClN2O. The van der Waals surface area contributed by atoms with Gasteiger partial charge in [-0.15, -0.1) is 12.4 Å². The maximum atomic E-state index is 5.77. The Morgan fingerprint density at radius 3 is 2.88 bits per heavy atom. The molecule has 0 aliphatic carbocycles. The zero-order chi connectivity index (χ0) is 10.8. The topological polar surface area (TPSA) is 24.5 Å². The average molecular weight is 255 g/mol. The van der Waals surface area contributed by atoms with E-state index >= 15 is 0 Å². The summed E-state index contributed by atoms with van der Waals surface area (Å²) in [5.74, 6) is 0. The number of ether oxygens (including phenoxy) is 1. The van der Waals surface area contributed by atoms with Crippen LogP contribution >= 0.6 is 12.4 Å². The second-order valence-electron chi connectivity index (χ2n) is 4.59. The molecule has 0 radical (unpaired) electrons. The molecule has 2 saturated heterocycles. The van der Waals surface area contributed by atoms with Gasteiger partial charge in [0.1, 0.15) is 0 Å². The van der Waals surface area contributed by atoms with Gasteiger partial charge in [-0.2, -0.15) is 0 Å². The molecule has 0 spiro atoms. The van der Waals surface area contributed by atoms with Gasteiger partial charge in [-0.05, 0) is 5.56 Å². The number of hydrogen-bond donors (Lipinski definition) is 1. The maximum absolute atomic E-state index is 5.77. The molecular weight excluding hydrogens is 236 g/mol. The van der Waals surface area contributed by atoms with Crippen LogP contribution < -0.4 is 5.32 Å². The number of fused-ring (bicyclic) bond motifs is 1. The van der Waals surface area contributed by atoms with E-state index in [0.717, 1.165) is 32.8 Å². The lowest BCUT2D eigenvalue weighted by atomic mass is 10.1. The molecule has 2 heterocycles. The van der Waals surface area contributed by atoms with Crippen molar-refractivity contribution in [3.8, 4) is 0 Å². The summed E-state index contributed by atoms with van der Waals surface area (Å²) in [6.07, 6.45) is 0.400. The number of hydrogen-bond acceptors (Lipinski definition) is 3. The molecule has 0 bridgehead atoms. The van der Waals surface area contributed by atoms with E-state index in [4.69, 9.17) is 4.74 Å². The number of rotatable bonds is 2. The minimum absolute atomic E-state index is 0. The fourth-order valence-corrected chi connectivity index (χ4v) is 2.68. The summed E-state index contributed by atoms with van der Waals surface area (Å²) in [6, 6.07) is 11.3. The Labute approximate surface area is 109 Å². The molecule has 2 aliphatic heterocycles. The standard InChI is InChI=1S/C13H18N2O.ClH/c1-2-4-11(5-3-1)10-15-6-7-16-13-9-14-8-12(13)15;/h1-5,12-14H,6-10H2;1H/t12-,13-;/m0./s1. The van der Waals surface area contributed by atoms with Crippen molar-refractivity contribution in [2.75, 3.05) is 26.2 Å². The summed E-state index contributed by atoms with van der Waals surface area (Å²) in [7, 11) is 0. The van der Waals surface area contributed by atoms with E-state index < -0.39 is 0 Å². The van der Waals surface area contributed by atoms with E-state index in [1.54, 1.807) is 0 Å². The van der Waals surface area contributed by atoms with Crippen LogP contribution in [0.1, 0.15) is 5.56 Å². The van der Waals surface area contributed by atoms with Gasteiger partial charge in [-0.3, -0.25) is 4.90 Å². The van der Waals surface area contributed by atoms with Crippen LogP contribution in [0.3, 0.4) is 0 Å². The lowest BCUT2D eigenvalue weighted by Crippen LogP contribution is -2.50. The first kappa shape index (κ1) is 12.8. The van der Waals surface area contributed by atoms with E-state index in [1.165, 1.54) is 5.56 Å². The molecule has 1 aromatic carbocycles. The number of nitrogens with zero attached hydrogens (tertiary/aromatic N) is 1. The Morgan fingerprint density at radius 2 is 2.06 bits per heavy atom. The van der Waals surface area contributed by atoms with Crippen LogP contribution in [-0.4, -0.2) is 43.3 Å². The summed E-state index contributed by atoms with van der Waals surface area (Å²) < 4.78 is 5.77. The fraction of sp³-hybridized carbons (Fsp3) is 0.538. The van der Waals surface area contributed by atoms with Crippen molar-refractivity contribution < 1.29 is 4.74 Å². The zero-order valence-corrected chi connectivity index (χ0v) is 10.7. The summed E-state index contributed by atoms with van der Waals surface area (Å²) >= 11 is 0. The summed E-state index contributed by atoms with van der Waals surface area (Å²) in [6.45, 7) is 5.05. The molecule has 0 saturated carbocycles. The zero-order valence-electron chi connectivity index (χ0n) is 9.84. The molecule has 1 N–H and O–H groups in total. The van der Waals surface area contributed by atoms with Crippen molar-refractivity contribution in [1.29, 1.82) is 0 Å². The lowest BCUT2D eigenvalue weighted by Gasteiger charge is -2.36. The first-order valence-electron chi connectivity index (χ1n) is 6.04. The number of halogens is 1. The van der Waals surface area contributed by atoms with Gasteiger partial charge >= 0.3 is 0 Å². The van der Waals surface area contributed by atoms with Crippen LogP contribution in [0.15, 0.2) is 30.3 Å². The molecule has 2 atom stereocenters. The largest absolute Gasteiger partial charge is 0.374 e. The van der Waals surface area contributed by atoms with E-state index in [-0.39, 0.29) is 12.4 Å². The normalized spacial score (nSPS) is 28.5. The minimum atomic E-state index is 0. The van der Waals surface area contributed by atoms with Crippen LogP contribution in [-0.2, 0) is 11.3 Å². The van der Waals surface area contributed by atoms with Gasteiger partial charge in [-0.25, -0.2) is 0 Å². The average Bonchev–Trinajstić information content (AvgIpc) is 2.80. The molecule has 0 aromatic heterocycles. The SMILES string of the molecule is Cl.c1ccc(CN2CCO[C@H]3CNC[C@@H]32)cc1. The molecule has 1 aromatic rings. The van der Waals surface area contributed by atoms with Gasteiger partial charge in [0, 0.05) is 32.2 Å². The van der Waals surface area contributed by atoms with Gasteiger partial charge in [0.2, 0.25) is 0 Å². The molecule has 2 aliphatic rings. The van der Waals surface area contributed by atoms with E-state index in [9.17, 15) is 0 Å². The fourth-order valence-electron chi connectivity index (χ4n) is 2.68. The van der Waals surface area contributed by atoms with Crippen molar-refractivity contribution in [3.05, 3.63) is 35.9 Å². The van der Waals surface area contributed by atoms with Gasteiger partial charge in [0.05, 0.1) is 12.7 Å². The van der Waals surface area contributed by atoms with Gasteiger partial charge in [0.15, 0.2) is 0 Å².